The van der Waals surface area contributed by atoms with Gasteiger partial charge in [-0.3, -0.25) is 0 Å². The van der Waals surface area contributed by atoms with Crippen LogP contribution in [0.1, 0.15) is 17.0 Å². The third kappa shape index (κ3) is 6.64. The lowest BCUT2D eigenvalue weighted by Crippen LogP contribution is -2.36. The fourth-order valence-electron chi connectivity index (χ4n) is 5.83. The van der Waals surface area contributed by atoms with E-state index in [4.69, 9.17) is 14.8 Å². The van der Waals surface area contributed by atoms with Gasteiger partial charge in [0.05, 0.1) is 29.2 Å². The summed E-state index contributed by atoms with van der Waals surface area (Å²) < 4.78 is 37.4. The summed E-state index contributed by atoms with van der Waals surface area (Å²) in [5, 5.41) is 1.10. The molecule has 0 N–H and O–H groups in total. The molecule has 0 saturated carbocycles. The quantitative estimate of drug-likeness (QED) is 0.0932. The van der Waals surface area contributed by atoms with E-state index in [1.165, 1.54) is 12.1 Å². The number of hydrogen-bond acceptors (Lipinski definition) is 6. The van der Waals surface area contributed by atoms with Crippen LogP contribution in [0, 0.1) is 6.92 Å². The van der Waals surface area contributed by atoms with Crippen molar-refractivity contribution in [3.8, 4) is 11.3 Å². The highest BCUT2D eigenvalue weighted by molar-refractivity contribution is 7.85. The first-order valence-corrected chi connectivity index (χ1v) is 17.0. The highest BCUT2D eigenvalue weighted by Crippen LogP contribution is 2.34. The van der Waals surface area contributed by atoms with E-state index in [1.54, 1.807) is 19.2 Å². The number of allylic oxidation sites excluding steroid dienone is 2. The Balaban J connectivity index is 0.000000324. The average Bonchev–Trinajstić information content (AvgIpc) is 3.58. The number of nitrogens with zero attached hydrogens (tertiary/aromatic N) is 5. The van der Waals surface area contributed by atoms with Crippen molar-refractivity contribution in [3.05, 3.63) is 145 Å². The zero-order valence-electron chi connectivity index (χ0n) is 27.2. The Morgan fingerprint density at radius 2 is 1.49 bits per heavy atom. The molecule has 0 fully saturated rings. The van der Waals surface area contributed by atoms with Gasteiger partial charge < -0.3 is 9.39 Å². The maximum Gasteiger partial charge on any atom is 0.323 e. The van der Waals surface area contributed by atoms with Crippen LogP contribution in [0.5, 0.6) is 0 Å². The Morgan fingerprint density at radius 1 is 0.837 bits per heavy atom. The summed E-state index contributed by atoms with van der Waals surface area (Å²) in [6.45, 7) is 11.0. The van der Waals surface area contributed by atoms with Gasteiger partial charge in [-0.15, -0.1) is 0 Å². The Hall–Kier alpha value is -5.84. The van der Waals surface area contributed by atoms with Crippen molar-refractivity contribution in [1.82, 2.24) is 19.3 Å². The first-order chi connectivity index (χ1) is 23.7. The van der Waals surface area contributed by atoms with Crippen molar-refractivity contribution in [2.45, 2.75) is 24.9 Å². The SMILES string of the molecule is C=CCn1c(/C=C/c2c(-c3ccccc3)n(OC)c3ccccc23)[n+](CC=C)c2nc3ccccc3nc21.Cc1ccc(S(=O)(=O)[O-])cc1. The second kappa shape index (κ2) is 14.1. The van der Waals surface area contributed by atoms with E-state index < -0.39 is 10.1 Å². The third-order valence-electron chi connectivity index (χ3n) is 8.03. The number of fused-ring (bicyclic) bond motifs is 3. The number of benzene rings is 4. The summed E-state index contributed by atoms with van der Waals surface area (Å²) in [4.78, 5) is 15.7. The van der Waals surface area contributed by atoms with E-state index >= 15 is 0 Å². The van der Waals surface area contributed by atoms with Crippen LogP contribution in [-0.4, -0.2) is 39.3 Å². The van der Waals surface area contributed by atoms with Gasteiger partial charge in [-0.2, -0.15) is 4.73 Å². The van der Waals surface area contributed by atoms with Crippen molar-refractivity contribution >= 4 is 55.5 Å². The van der Waals surface area contributed by atoms with Gasteiger partial charge in [-0.05, 0) is 43.3 Å². The molecule has 3 heterocycles. The first kappa shape index (κ1) is 33.1. The zero-order valence-corrected chi connectivity index (χ0v) is 28.0. The zero-order chi connectivity index (χ0) is 34.5. The fourth-order valence-corrected chi connectivity index (χ4v) is 6.30. The largest absolute Gasteiger partial charge is 0.744 e. The van der Waals surface area contributed by atoms with Crippen LogP contribution in [0.15, 0.2) is 133 Å². The van der Waals surface area contributed by atoms with Crippen LogP contribution in [0.3, 0.4) is 0 Å². The highest BCUT2D eigenvalue weighted by atomic mass is 32.2. The average molecular weight is 670 g/mol. The molecule has 4 aromatic carbocycles. The van der Waals surface area contributed by atoms with Gasteiger partial charge in [-0.1, -0.05) is 109 Å². The van der Waals surface area contributed by atoms with Crippen molar-refractivity contribution < 1.29 is 22.4 Å². The summed E-state index contributed by atoms with van der Waals surface area (Å²) in [6.07, 6.45) is 8.07. The summed E-state index contributed by atoms with van der Waals surface area (Å²) >= 11 is 0. The van der Waals surface area contributed by atoms with E-state index in [1.807, 2.05) is 72.3 Å². The minimum atomic E-state index is -4.27. The Morgan fingerprint density at radius 3 is 2.14 bits per heavy atom. The van der Waals surface area contributed by atoms with Crippen molar-refractivity contribution in [3.63, 3.8) is 0 Å². The van der Waals surface area contributed by atoms with Gasteiger partial charge in [-0.25, -0.2) is 22.5 Å². The van der Waals surface area contributed by atoms with Gasteiger partial charge in [0, 0.05) is 22.6 Å². The standard InChI is InChI=1S/C32H28N5O.C7H8O3S/c1-4-21-35-29(36(22-5-2)32-31(35)33-26-16-10-11-17-27(26)34-32)20-19-25-24-15-9-12-18-28(24)37(38-3)30(25)23-13-7-6-8-14-23;1-6-2-4-7(5-3-6)11(8,9)10/h4-20H,1-2,21-22H2,3H3;2-5H,1H3,(H,8,9,10)/q+1;/p-1. The molecule has 0 bridgehead atoms. The summed E-state index contributed by atoms with van der Waals surface area (Å²) in [5.41, 5.74) is 8.42. The van der Waals surface area contributed by atoms with Crippen molar-refractivity contribution in [1.29, 1.82) is 0 Å². The fraction of sp³-hybridized carbons (Fsp3) is 0.103. The monoisotopic (exact) mass is 669 g/mol. The van der Waals surface area contributed by atoms with Crippen LogP contribution in [0.4, 0.5) is 0 Å². The number of imidazole rings is 1. The van der Waals surface area contributed by atoms with Crippen molar-refractivity contribution in [2.24, 2.45) is 0 Å². The molecule has 0 radical (unpaired) electrons. The first-order valence-electron chi connectivity index (χ1n) is 15.6. The molecule has 0 spiro atoms. The number of para-hydroxylation sites is 3. The Bertz CT molecular complexity index is 2380. The van der Waals surface area contributed by atoms with Gasteiger partial charge in [0.1, 0.15) is 22.7 Å². The molecule has 0 aliphatic heterocycles. The Labute approximate surface area is 285 Å². The van der Waals surface area contributed by atoms with Gasteiger partial charge in [0.15, 0.2) is 5.52 Å². The second-order valence-corrected chi connectivity index (χ2v) is 12.6. The lowest BCUT2D eigenvalue weighted by molar-refractivity contribution is -0.665. The highest BCUT2D eigenvalue weighted by Gasteiger charge is 2.25. The molecule has 0 amide bonds. The van der Waals surface area contributed by atoms with E-state index in [9.17, 15) is 13.0 Å². The smallest absolute Gasteiger partial charge is 0.323 e. The molecule has 0 unspecified atom stereocenters. The summed E-state index contributed by atoms with van der Waals surface area (Å²) in [7, 11) is -2.57. The minimum absolute atomic E-state index is 0.178. The maximum atomic E-state index is 10.4. The maximum absolute atomic E-state index is 10.4. The van der Waals surface area contributed by atoms with E-state index in [2.05, 4.69) is 64.8 Å². The van der Waals surface area contributed by atoms with Crippen LogP contribution < -0.4 is 9.40 Å². The molecule has 10 heteroatoms. The molecule has 7 rings (SSSR count). The molecule has 3 aromatic heterocycles. The predicted molar refractivity (Wildman–Crippen MR) is 194 cm³/mol. The minimum Gasteiger partial charge on any atom is -0.744 e. The molecular weight excluding hydrogens is 635 g/mol. The van der Waals surface area contributed by atoms with Gasteiger partial charge >= 0.3 is 5.65 Å². The van der Waals surface area contributed by atoms with E-state index in [0.29, 0.717) is 13.1 Å². The van der Waals surface area contributed by atoms with E-state index in [-0.39, 0.29) is 4.90 Å². The molecule has 0 saturated heterocycles. The molecular formula is C39H35N5O4S. The molecule has 0 atom stereocenters. The molecule has 9 nitrogen and oxygen atoms in total. The Kier molecular flexibility index (Phi) is 9.52. The van der Waals surface area contributed by atoms with Crippen LogP contribution in [0.25, 0.3) is 56.6 Å². The predicted octanol–water partition coefficient (Wildman–Crippen LogP) is 6.99. The van der Waals surface area contributed by atoms with Crippen LogP contribution in [-0.2, 0) is 23.2 Å². The third-order valence-corrected chi connectivity index (χ3v) is 8.88. The number of rotatable bonds is 9. The number of aryl methyl sites for hydroxylation is 1. The lowest BCUT2D eigenvalue weighted by atomic mass is 10.0. The van der Waals surface area contributed by atoms with Crippen LogP contribution >= 0.6 is 0 Å². The second-order valence-electron chi connectivity index (χ2n) is 11.2. The van der Waals surface area contributed by atoms with Crippen LogP contribution in [0.2, 0.25) is 0 Å². The molecule has 0 aliphatic carbocycles. The number of hydrogen-bond donors (Lipinski definition) is 0. The number of aromatic nitrogens is 5. The van der Waals surface area contributed by atoms with E-state index in [0.717, 1.165) is 61.4 Å². The normalized spacial score (nSPS) is 11.6. The van der Waals surface area contributed by atoms with Gasteiger partial charge in [0.2, 0.25) is 5.82 Å². The van der Waals surface area contributed by atoms with Crippen molar-refractivity contribution in [2.75, 3.05) is 7.11 Å². The molecule has 0 aliphatic rings. The molecule has 246 valence electrons. The van der Waals surface area contributed by atoms with Gasteiger partial charge in [0.25, 0.3) is 5.65 Å². The topological polar surface area (TPSA) is 106 Å². The molecule has 49 heavy (non-hydrogen) atoms. The lowest BCUT2D eigenvalue weighted by Gasteiger charge is -2.09. The summed E-state index contributed by atoms with van der Waals surface area (Å²) in [5.74, 6) is 0.961. The summed E-state index contributed by atoms with van der Waals surface area (Å²) in [6, 6.07) is 32.3. The molecule has 7 aromatic rings.